The second kappa shape index (κ2) is 13.7. The van der Waals surface area contributed by atoms with E-state index in [2.05, 4.69) is 27.7 Å². The molecule has 0 atom stereocenters. The molecule has 0 amide bonds. The topological polar surface area (TPSA) is 55.8 Å². The standard InChI is InChI=1S/C28H48O4/c1-8-9-10-11-12-13-14-15-16-17-18-32-26(30)21-28(5,6)22-20-25(31-7)23(19-24(22)29)27(2,3)4/h19-20,29H,8-18,21H2,1-7H3. The lowest BCUT2D eigenvalue weighted by Gasteiger charge is -2.29. The van der Waals surface area contributed by atoms with Crippen LogP contribution in [0.2, 0.25) is 0 Å². The molecule has 0 aliphatic heterocycles. The number of unbranched alkanes of at least 4 members (excludes halogenated alkanes) is 9. The van der Waals surface area contributed by atoms with Gasteiger partial charge in [0.1, 0.15) is 11.5 Å². The maximum Gasteiger partial charge on any atom is 0.306 e. The van der Waals surface area contributed by atoms with Gasteiger partial charge in [0.05, 0.1) is 20.1 Å². The Morgan fingerprint density at radius 2 is 1.38 bits per heavy atom. The van der Waals surface area contributed by atoms with E-state index in [0.717, 1.165) is 24.2 Å². The molecule has 0 radical (unpaired) electrons. The van der Waals surface area contributed by atoms with Crippen LogP contribution in [0.5, 0.6) is 11.5 Å². The van der Waals surface area contributed by atoms with Gasteiger partial charge in [-0.15, -0.1) is 0 Å². The summed E-state index contributed by atoms with van der Waals surface area (Å²) < 4.78 is 11.1. The molecular formula is C28H48O4. The molecule has 0 spiro atoms. The normalized spacial score (nSPS) is 12.1. The Kier molecular flexibility index (Phi) is 12.2. The second-order valence-corrected chi connectivity index (χ2v) is 10.8. The van der Waals surface area contributed by atoms with Crippen molar-refractivity contribution in [2.24, 2.45) is 0 Å². The van der Waals surface area contributed by atoms with Crippen LogP contribution < -0.4 is 4.74 Å². The Hall–Kier alpha value is -1.71. The number of carbonyl (C=O) groups excluding carboxylic acids is 1. The van der Waals surface area contributed by atoms with Crippen molar-refractivity contribution in [3.8, 4) is 11.5 Å². The van der Waals surface area contributed by atoms with Crippen LogP contribution >= 0.6 is 0 Å². The number of benzene rings is 1. The van der Waals surface area contributed by atoms with Crippen molar-refractivity contribution < 1.29 is 19.4 Å². The Morgan fingerprint density at radius 3 is 1.88 bits per heavy atom. The van der Waals surface area contributed by atoms with E-state index in [-0.39, 0.29) is 23.6 Å². The first-order chi connectivity index (χ1) is 15.0. The van der Waals surface area contributed by atoms with Crippen molar-refractivity contribution in [1.29, 1.82) is 0 Å². The molecule has 1 aromatic rings. The van der Waals surface area contributed by atoms with E-state index in [4.69, 9.17) is 9.47 Å². The minimum Gasteiger partial charge on any atom is -0.508 e. The molecule has 1 aromatic carbocycles. The summed E-state index contributed by atoms with van der Waals surface area (Å²) in [6.45, 7) is 12.9. The van der Waals surface area contributed by atoms with Crippen molar-refractivity contribution in [3.63, 3.8) is 0 Å². The molecule has 1 N–H and O–H groups in total. The van der Waals surface area contributed by atoms with E-state index in [1.54, 1.807) is 13.2 Å². The van der Waals surface area contributed by atoms with Crippen LogP contribution in [0.1, 0.15) is 123 Å². The monoisotopic (exact) mass is 448 g/mol. The highest BCUT2D eigenvalue weighted by atomic mass is 16.5. The number of hydrogen-bond acceptors (Lipinski definition) is 4. The maximum absolute atomic E-state index is 12.4. The molecule has 0 fully saturated rings. The maximum atomic E-state index is 12.4. The summed E-state index contributed by atoms with van der Waals surface area (Å²) in [6, 6.07) is 3.64. The molecule has 184 valence electrons. The van der Waals surface area contributed by atoms with E-state index in [1.807, 2.05) is 19.9 Å². The summed E-state index contributed by atoms with van der Waals surface area (Å²) in [5.41, 5.74) is 0.945. The number of phenolic OH excluding ortho intramolecular Hbond substituents is 1. The predicted octanol–water partition coefficient (Wildman–Crippen LogP) is 7.83. The smallest absolute Gasteiger partial charge is 0.306 e. The van der Waals surface area contributed by atoms with Crippen LogP contribution in [0.15, 0.2) is 12.1 Å². The molecular weight excluding hydrogens is 400 g/mol. The van der Waals surface area contributed by atoms with Crippen molar-refractivity contribution in [2.45, 2.75) is 123 Å². The van der Waals surface area contributed by atoms with Gasteiger partial charge in [-0.1, -0.05) is 99.3 Å². The lowest BCUT2D eigenvalue weighted by molar-refractivity contribution is -0.145. The van der Waals surface area contributed by atoms with Crippen LogP contribution in [0.25, 0.3) is 0 Å². The van der Waals surface area contributed by atoms with Gasteiger partial charge in [-0.25, -0.2) is 0 Å². The third kappa shape index (κ3) is 9.83. The zero-order valence-electron chi connectivity index (χ0n) is 21.8. The fourth-order valence-electron chi connectivity index (χ4n) is 4.15. The number of hydrogen-bond donors (Lipinski definition) is 1. The first-order valence-corrected chi connectivity index (χ1v) is 12.6. The van der Waals surface area contributed by atoms with E-state index >= 15 is 0 Å². The van der Waals surface area contributed by atoms with Gasteiger partial charge in [0.25, 0.3) is 0 Å². The lowest BCUT2D eigenvalue weighted by atomic mass is 9.78. The van der Waals surface area contributed by atoms with E-state index in [9.17, 15) is 9.90 Å². The third-order valence-corrected chi connectivity index (χ3v) is 6.20. The van der Waals surface area contributed by atoms with Gasteiger partial charge < -0.3 is 14.6 Å². The molecule has 0 bridgehead atoms. The molecule has 0 saturated heterocycles. The average Bonchev–Trinajstić information content (AvgIpc) is 2.70. The summed E-state index contributed by atoms with van der Waals surface area (Å²) in [4.78, 5) is 12.4. The number of aromatic hydroxyl groups is 1. The number of esters is 1. The molecule has 0 aliphatic carbocycles. The van der Waals surface area contributed by atoms with Gasteiger partial charge in [0, 0.05) is 16.5 Å². The van der Waals surface area contributed by atoms with Crippen LogP contribution in [0.3, 0.4) is 0 Å². The van der Waals surface area contributed by atoms with Gasteiger partial charge in [0.2, 0.25) is 0 Å². The van der Waals surface area contributed by atoms with Crippen molar-refractivity contribution >= 4 is 5.97 Å². The Labute approximate surface area is 197 Å². The molecule has 0 unspecified atom stereocenters. The molecule has 0 aliphatic rings. The first kappa shape index (κ1) is 28.3. The zero-order chi connectivity index (χ0) is 24.2. The van der Waals surface area contributed by atoms with Crippen LogP contribution in [0, 0.1) is 0 Å². The summed E-state index contributed by atoms with van der Waals surface area (Å²) in [5.74, 6) is 0.713. The molecule has 0 saturated carbocycles. The van der Waals surface area contributed by atoms with E-state index < -0.39 is 5.41 Å². The Balaban J connectivity index is 2.44. The van der Waals surface area contributed by atoms with Crippen LogP contribution in [0.4, 0.5) is 0 Å². The molecule has 0 heterocycles. The molecule has 4 heteroatoms. The summed E-state index contributed by atoms with van der Waals surface area (Å²) in [5, 5.41) is 10.7. The van der Waals surface area contributed by atoms with Crippen molar-refractivity contribution in [1.82, 2.24) is 0 Å². The van der Waals surface area contributed by atoms with Gasteiger partial charge in [0.15, 0.2) is 0 Å². The SMILES string of the molecule is CCCCCCCCCCCCOC(=O)CC(C)(C)c1cc(OC)c(C(C)(C)C)cc1O. The van der Waals surface area contributed by atoms with Crippen LogP contribution in [-0.2, 0) is 20.4 Å². The van der Waals surface area contributed by atoms with Gasteiger partial charge >= 0.3 is 5.97 Å². The quantitative estimate of drug-likeness (QED) is 0.219. The zero-order valence-corrected chi connectivity index (χ0v) is 21.8. The van der Waals surface area contributed by atoms with Crippen LogP contribution in [-0.4, -0.2) is 24.8 Å². The fourth-order valence-corrected chi connectivity index (χ4v) is 4.15. The first-order valence-electron chi connectivity index (χ1n) is 12.6. The van der Waals surface area contributed by atoms with E-state index in [1.165, 1.54) is 51.4 Å². The number of rotatable bonds is 15. The largest absolute Gasteiger partial charge is 0.508 e. The highest BCUT2D eigenvalue weighted by Crippen LogP contribution is 2.42. The van der Waals surface area contributed by atoms with Gasteiger partial charge in [-0.3, -0.25) is 4.79 Å². The summed E-state index contributed by atoms with van der Waals surface area (Å²) in [6.07, 6.45) is 12.8. The fraction of sp³-hybridized carbons (Fsp3) is 0.750. The van der Waals surface area contributed by atoms with E-state index in [0.29, 0.717) is 12.2 Å². The molecule has 0 aromatic heterocycles. The third-order valence-electron chi connectivity index (χ3n) is 6.20. The Morgan fingerprint density at radius 1 is 0.844 bits per heavy atom. The van der Waals surface area contributed by atoms with Crippen molar-refractivity contribution in [2.75, 3.05) is 13.7 Å². The second-order valence-electron chi connectivity index (χ2n) is 10.8. The number of methoxy groups -OCH3 is 1. The average molecular weight is 449 g/mol. The lowest BCUT2D eigenvalue weighted by Crippen LogP contribution is -2.24. The minimum absolute atomic E-state index is 0.153. The molecule has 32 heavy (non-hydrogen) atoms. The van der Waals surface area contributed by atoms with Gasteiger partial charge in [-0.2, -0.15) is 0 Å². The Bertz CT molecular complexity index is 685. The highest BCUT2D eigenvalue weighted by molar-refractivity contribution is 5.72. The number of ether oxygens (including phenoxy) is 2. The summed E-state index contributed by atoms with van der Waals surface area (Å²) >= 11 is 0. The van der Waals surface area contributed by atoms with Gasteiger partial charge in [-0.05, 0) is 24.0 Å². The molecule has 4 nitrogen and oxygen atoms in total. The molecule has 1 rings (SSSR count). The predicted molar refractivity (Wildman–Crippen MR) is 134 cm³/mol. The minimum atomic E-state index is -0.553. The number of carbonyl (C=O) groups is 1. The highest BCUT2D eigenvalue weighted by Gasteiger charge is 2.31. The number of phenols is 1. The van der Waals surface area contributed by atoms with Crippen molar-refractivity contribution in [3.05, 3.63) is 23.3 Å². The summed E-state index contributed by atoms with van der Waals surface area (Å²) in [7, 11) is 1.64.